The molecule has 1 aromatic heterocycles. The first-order chi connectivity index (χ1) is 11.5. The van der Waals surface area contributed by atoms with Crippen LogP contribution in [0.2, 0.25) is 0 Å². The number of carbonyl (C=O) groups excluding carboxylic acids is 1. The van der Waals surface area contributed by atoms with Crippen LogP contribution in [-0.4, -0.2) is 15.7 Å². The summed E-state index contributed by atoms with van der Waals surface area (Å²) in [6.45, 7) is 6.92. The van der Waals surface area contributed by atoms with Gasteiger partial charge in [-0.2, -0.15) is 5.10 Å². The van der Waals surface area contributed by atoms with Gasteiger partial charge in [0.25, 0.3) is 5.91 Å². The van der Waals surface area contributed by atoms with Gasteiger partial charge < -0.3 is 5.32 Å². The van der Waals surface area contributed by atoms with E-state index in [0.29, 0.717) is 5.69 Å². The number of carbonyl (C=O) groups is 1. The molecule has 24 heavy (non-hydrogen) atoms. The molecule has 4 heteroatoms. The number of nitrogens with zero attached hydrogens (tertiary/aromatic N) is 2. The third kappa shape index (κ3) is 3.04. The molecule has 0 bridgehead atoms. The number of para-hydroxylation sites is 1. The van der Waals surface area contributed by atoms with E-state index in [9.17, 15) is 4.79 Å². The average molecular weight is 321 g/mol. The zero-order valence-corrected chi connectivity index (χ0v) is 14.4. The molecule has 1 N–H and O–H groups in total. The normalized spacial score (nSPS) is 11.6. The highest BCUT2D eigenvalue weighted by atomic mass is 16.2. The van der Waals surface area contributed by atoms with Gasteiger partial charge in [0.05, 0.1) is 11.1 Å². The second kappa shape index (κ2) is 6.48. The molecule has 3 rings (SSSR count). The van der Waals surface area contributed by atoms with Crippen LogP contribution in [0, 0.1) is 0 Å². The zero-order valence-electron chi connectivity index (χ0n) is 14.4. The van der Waals surface area contributed by atoms with Gasteiger partial charge >= 0.3 is 0 Å². The van der Waals surface area contributed by atoms with E-state index in [2.05, 4.69) is 17.3 Å². The first-order valence-electron chi connectivity index (χ1n) is 8.36. The number of nitrogens with one attached hydrogen (secondary N) is 1. The summed E-state index contributed by atoms with van der Waals surface area (Å²) in [5.41, 5.74) is 2.09. The summed E-state index contributed by atoms with van der Waals surface area (Å²) in [4.78, 5) is 12.9. The Hall–Kier alpha value is -2.62. The van der Waals surface area contributed by atoms with Crippen molar-refractivity contribution in [3.8, 4) is 0 Å². The quantitative estimate of drug-likeness (QED) is 0.768. The van der Waals surface area contributed by atoms with E-state index < -0.39 is 5.54 Å². The number of aromatic nitrogens is 2. The van der Waals surface area contributed by atoms with Crippen LogP contribution in [0.5, 0.6) is 0 Å². The van der Waals surface area contributed by atoms with Crippen molar-refractivity contribution in [1.82, 2.24) is 15.1 Å². The highest BCUT2D eigenvalue weighted by molar-refractivity contribution is 6.05. The van der Waals surface area contributed by atoms with Gasteiger partial charge in [-0.1, -0.05) is 55.5 Å². The Balaban J connectivity index is 1.94. The van der Waals surface area contributed by atoms with Crippen LogP contribution in [-0.2, 0) is 12.1 Å². The van der Waals surface area contributed by atoms with Crippen LogP contribution < -0.4 is 5.32 Å². The fourth-order valence-corrected chi connectivity index (χ4v) is 2.95. The predicted octanol–water partition coefficient (Wildman–Crippen LogP) is 4.11. The summed E-state index contributed by atoms with van der Waals surface area (Å²) in [6, 6.07) is 17.9. The molecule has 2 aromatic carbocycles. The third-order valence-electron chi connectivity index (χ3n) is 4.23. The van der Waals surface area contributed by atoms with E-state index in [1.807, 2.05) is 73.1 Å². The molecule has 0 fully saturated rings. The summed E-state index contributed by atoms with van der Waals surface area (Å²) >= 11 is 0. The molecule has 0 aliphatic carbocycles. The second-order valence-corrected chi connectivity index (χ2v) is 6.53. The van der Waals surface area contributed by atoms with Gasteiger partial charge in [-0.25, -0.2) is 0 Å². The molecule has 0 radical (unpaired) electrons. The lowest BCUT2D eigenvalue weighted by Gasteiger charge is -2.26. The molecule has 1 heterocycles. The number of benzene rings is 2. The SMILES string of the molecule is CCCn1nc(C(=O)NC(C)(C)c2ccccc2)c2ccccc21. The summed E-state index contributed by atoms with van der Waals surface area (Å²) in [5.74, 6) is -0.144. The van der Waals surface area contributed by atoms with Crippen molar-refractivity contribution < 1.29 is 4.79 Å². The van der Waals surface area contributed by atoms with Gasteiger partial charge in [0.15, 0.2) is 5.69 Å². The van der Waals surface area contributed by atoms with E-state index in [1.54, 1.807) is 0 Å². The van der Waals surface area contributed by atoms with Crippen molar-refractivity contribution in [3.63, 3.8) is 0 Å². The molecule has 124 valence electrons. The monoisotopic (exact) mass is 321 g/mol. The van der Waals surface area contributed by atoms with E-state index in [4.69, 9.17) is 0 Å². The Morgan fingerprint density at radius 3 is 2.46 bits per heavy atom. The molecule has 3 aromatic rings. The average Bonchev–Trinajstić information content (AvgIpc) is 2.95. The molecular weight excluding hydrogens is 298 g/mol. The molecule has 0 aliphatic rings. The highest BCUT2D eigenvalue weighted by Crippen LogP contribution is 2.23. The molecule has 0 atom stereocenters. The Kier molecular flexibility index (Phi) is 4.38. The molecule has 0 saturated carbocycles. The standard InChI is InChI=1S/C20H23N3O/c1-4-14-23-17-13-9-8-12-16(17)18(22-23)19(24)21-20(2,3)15-10-6-5-7-11-15/h5-13H,4,14H2,1-3H3,(H,21,24). The highest BCUT2D eigenvalue weighted by Gasteiger charge is 2.26. The maximum atomic E-state index is 12.9. The summed E-state index contributed by atoms with van der Waals surface area (Å²) in [6.07, 6.45) is 0.974. The van der Waals surface area contributed by atoms with E-state index in [0.717, 1.165) is 29.4 Å². The number of hydrogen-bond donors (Lipinski definition) is 1. The van der Waals surface area contributed by atoms with Crippen LogP contribution in [0.15, 0.2) is 54.6 Å². The van der Waals surface area contributed by atoms with Crippen molar-refractivity contribution in [3.05, 3.63) is 65.9 Å². The molecular formula is C20H23N3O. The minimum atomic E-state index is -0.464. The first-order valence-corrected chi connectivity index (χ1v) is 8.36. The smallest absolute Gasteiger partial charge is 0.273 e. The van der Waals surface area contributed by atoms with E-state index >= 15 is 0 Å². The fraction of sp³-hybridized carbons (Fsp3) is 0.300. The van der Waals surface area contributed by atoms with Crippen LogP contribution in [0.1, 0.15) is 43.2 Å². The molecule has 0 unspecified atom stereocenters. The van der Waals surface area contributed by atoms with E-state index in [1.165, 1.54) is 0 Å². The maximum Gasteiger partial charge on any atom is 0.273 e. The van der Waals surface area contributed by atoms with Gasteiger partial charge in [0, 0.05) is 11.9 Å². The number of fused-ring (bicyclic) bond motifs is 1. The van der Waals surface area contributed by atoms with Crippen molar-refractivity contribution >= 4 is 16.8 Å². The van der Waals surface area contributed by atoms with Gasteiger partial charge in [0.2, 0.25) is 0 Å². The van der Waals surface area contributed by atoms with Crippen LogP contribution in [0.3, 0.4) is 0 Å². The summed E-state index contributed by atoms with van der Waals surface area (Å²) < 4.78 is 1.92. The summed E-state index contributed by atoms with van der Waals surface area (Å²) in [7, 11) is 0. The van der Waals surface area contributed by atoms with Crippen molar-refractivity contribution in [2.45, 2.75) is 39.3 Å². The number of hydrogen-bond acceptors (Lipinski definition) is 2. The molecule has 0 aliphatic heterocycles. The minimum Gasteiger partial charge on any atom is -0.342 e. The predicted molar refractivity (Wildman–Crippen MR) is 97.0 cm³/mol. The molecule has 4 nitrogen and oxygen atoms in total. The fourth-order valence-electron chi connectivity index (χ4n) is 2.95. The van der Waals surface area contributed by atoms with Crippen molar-refractivity contribution in [2.75, 3.05) is 0 Å². The Morgan fingerprint density at radius 1 is 1.08 bits per heavy atom. The lowest BCUT2D eigenvalue weighted by atomic mass is 9.94. The molecule has 0 spiro atoms. The number of amides is 1. The van der Waals surface area contributed by atoms with Gasteiger partial charge in [-0.05, 0) is 31.9 Å². The van der Waals surface area contributed by atoms with Gasteiger partial charge in [-0.3, -0.25) is 9.48 Å². The molecule has 1 amide bonds. The minimum absolute atomic E-state index is 0.144. The Bertz CT molecular complexity index is 850. The lowest BCUT2D eigenvalue weighted by molar-refractivity contribution is 0.0907. The maximum absolute atomic E-state index is 12.9. The third-order valence-corrected chi connectivity index (χ3v) is 4.23. The number of rotatable bonds is 5. The first kappa shape index (κ1) is 16.2. The van der Waals surface area contributed by atoms with Crippen LogP contribution >= 0.6 is 0 Å². The Labute approximate surface area is 142 Å². The topological polar surface area (TPSA) is 46.9 Å². The lowest BCUT2D eigenvalue weighted by Crippen LogP contribution is -2.41. The Morgan fingerprint density at radius 2 is 1.75 bits per heavy atom. The summed E-state index contributed by atoms with van der Waals surface area (Å²) in [5, 5.41) is 8.58. The van der Waals surface area contributed by atoms with Gasteiger partial charge in [-0.15, -0.1) is 0 Å². The van der Waals surface area contributed by atoms with Crippen LogP contribution in [0.25, 0.3) is 10.9 Å². The molecule has 0 saturated heterocycles. The van der Waals surface area contributed by atoms with Gasteiger partial charge in [0.1, 0.15) is 0 Å². The van der Waals surface area contributed by atoms with Crippen molar-refractivity contribution in [1.29, 1.82) is 0 Å². The van der Waals surface area contributed by atoms with E-state index in [-0.39, 0.29) is 5.91 Å². The zero-order chi connectivity index (χ0) is 17.2. The number of aryl methyl sites for hydroxylation is 1. The van der Waals surface area contributed by atoms with Crippen LogP contribution in [0.4, 0.5) is 0 Å². The second-order valence-electron chi connectivity index (χ2n) is 6.53. The van der Waals surface area contributed by atoms with Crippen molar-refractivity contribution in [2.24, 2.45) is 0 Å². The largest absolute Gasteiger partial charge is 0.342 e.